The van der Waals surface area contributed by atoms with Gasteiger partial charge < -0.3 is 24.8 Å². The molecule has 0 atom stereocenters. The smallest absolute Gasteiger partial charge is 0.343 e. The first-order chi connectivity index (χ1) is 18.2. The standard InChI is InChI=1S/C21H21NO8S.C2H3N3S2/c1-27-19-14-15(5-11-20(23)28-12-2-3-13-29-22(25)26)4-10-18(19)30-21(24)16-6-8-17(31)9-7-16;3-1-4-5-2(6)7-1/h4-11,14,31H,2-3,12-13H2,1H3;(H2,3,4)(H,5,6)/b11-5+;. The van der Waals surface area contributed by atoms with E-state index in [2.05, 4.69) is 39.9 Å². The van der Waals surface area contributed by atoms with Crippen LogP contribution in [0.5, 0.6) is 11.5 Å². The van der Waals surface area contributed by atoms with Gasteiger partial charge in [-0.1, -0.05) is 17.4 Å². The Labute approximate surface area is 231 Å². The number of aromatic nitrogens is 2. The number of carbonyl (C=O) groups is 2. The van der Waals surface area contributed by atoms with Crippen molar-refractivity contribution in [2.75, 3.05) is 26.1 Å². The van der Waals surface area contributed by atoms with Crippen LogP contribution in [-0.4, -0.2) is 47.5 Å². The van der Waals surface area contributed by atoms with Crippen LogP contribution in [0.3, 0.4) is 0 Å². The van der Waals surface area contributed by atoms with Crippen molar-refractivity contribution >= 4 is 59.3 Å². The van der Waals surface area contributed by atoms with Crippen LogP contribution in [-0.2, 0) is 14.4 Å². The molecular weight excluding hydrogens is 556 g/mol. The average Bonchev–Trinajstić information content (AvgIpc) is 3.28. The monoisotopic (exact) mass is 580 g/mol. The molecule has 1 aromatic heterocycles. The number of hydrogen-bond acceptors (Lipinski definition) is 13. The summed E-state index contributed by atoms with van der Waals surface area (Å²) in [6.07, 6.45) is 3.61. The van der Waals surface area contributed by atoms with Gasteiger partial charge in [0.25, 0.3) is 5.09 Å². The number of unbranched alkanes of at least 4 members (excludes halogenated alkanes) is 1. The first kappa shape index (κ1) is 30.3. The summed E-state index contributed by atoms with van der Waals surface area (Å²) in [5, 5.41) is 15.7. The molecule has 0 amide bonds. The zero-order chi connectivity index (χ0) is 27.9. The Morgan fingerprint density at radius 3 is 2.47 bits per heavy atom. The fourth-order valence-electron chi connectivity index (χ4n) is 2.60. The van der Waals surface area contributed by atoms with Gasteiger partial charge >= 0.3 is 11.9 Å². The highest BCUT2D eigenvalue weighted by Crippen LogP contribution is 2.29. The second-order valence-electron chi connectivity index (χ2n) is 7.06. The minimum absolute atomic E-state index is 0.0440. The quantitative estimate of drug-likeness (QED) is 0.0426. The van der Waals surface area contributed by atoms with Crippen molar-refractivity contribution in [3.05, 3.63) is 73.7 Å². The predicted molar refractivity (Wildman–Crippen MR) is 146 cm³/mol. The average molecular weight is 581 g/mol. The number of methoxy groups -OCH3 is 1. The van der Waals surface area contributed by atoms with Gasteiger partial charge in [-0.2, -0.15) is 0 Å². The maximum Gasteiger partial charge on any atom is 0.343 e. The molecule has 0 radical (unpaired) electrons. The van der Waals surface area contributed by atoms with Crippen molar-refractivity contribution in [3.8, 4) is 11.5 Å². The molecule has 12 nitrogen and oxygen atoms in total. The highest BCUT2D eigenvalue weighted by molar-refractivity contribution is 7.80. The number of aromatic amines is 1. The van der Waals surface area contributed by atoms with Gasteiger partial charge in [0.05, 0.1) is 25.9 Å². The van der Waals surface area contributed by atoms with E-state index in [-0.39, 0.29) is 19.0 Å². The van der Waals surface area contributed by atoms with Crippen molar-refractivity contribution in [3.63, 3.8) is 0 Å². The van der Waals surface area contributed by atoms with Gasteiger partial charge in [-0.25, -0.2) is 9.59 Å². The van der Waals surface area contributed by atoms with E-state index >= 15 is 0 Å². The summed E-state index contributed by atoms with van der Waals surface area (Å²) >= 11 is 10.1. The Morgan fingerprint density at radius 1 is 1.18 bits per heavy atom. The molecule has 38 heavy (non-hydrogen) atoms. The fourth-order valence-corrected chi connectivity index (χ4v) is 3.42. The molecule has 202 valence electrons. The van der Waals surface area contributed by atoms with Gasteiger partial charge in [0.1, 0.15) is 0 Å². The first-order valence-electron chi connectivity index (χ1n) is 10.8. The lowest BCUT2D eigenvalue weighted by Gasteiger charge is -2.10. The van der Waals surface area contributed by atoms with Gasteiger partial charge in [-0.05, 0) is 73.1 Å². The number of ether oxygens (including phenoxy) is 3. The number of thiol groups is 1. The third-order valence-corrected chi connectivity index (χ3v) is 5.56. The van der Waals surface area contributed by atoms with Crippen molar-refractivity contribution in [1.29, 1.82) is 0 Å². The molecule has 3 N–H and O–H groups in total. The Hall–Kier alpha value is -3.95. The molecule has 0 unspecified atom stereocenters. The number of nitrogens with two attached hydrogens (primary N) is 1. The summed E-state index contributed by atoms with van der Waals surface area (Å²) in [7, 11) is 1.44. The van der Waals surface area contributed by atoms with Crippen molar-refractivity contribution in [1.82, 2.24) is 10.2 Å². The zero-order valence-electron chi connectivity index (χ0n) is 20.0. The number of nitrogens with one attached hydrogen (secondary N) is 1. The van der Waals surface area contributed by atoms with E-state index in [1.807, 2.05) is 0 Å². The van der Waals surface area contributed by atoms with E-state index in [0.29, 0.717) is 38.8 Å². The normalized spacial score (nSPS) is 10.3. The molecule has 15 heteroatoms. The SMILES string of the molecule is COc1cc(/C=C/C(=O)OCCCCO[N+](=O)[O-])ccc1OC(=O)c1ccc(S)cc1.Nc1n[nH]c(=S)s1. The zero-order valence-corrected chi connectivity index (χ0v) is 22.6. The van der Waals surface area contributed by atoms with Crippen LogP contribution in [0.15, 0.2) is 53.4 Å². The lowest BCUT2D eigenvalue weighted by atomic mass is 10.2. The minimum Gasteiger partial charge on any atom is -0.493 e. The molecule has 0 saturated carbocycles. The fraction of sp³-hybridized carbons (Fsp3) is 0.217. The Kier molecular flexibility index (Phi) is 12.8. The molecule has 3 rings (SSSR count). The number of nitrogens with zero attached hydrogens (tertiary/aromatic N) is 2. The summed E-state index contributed by atoms with van der Waals surface area (Å²) < 4.78 is 16.3. The highest BCUT2D eigenvalue weighted by Gasteiger charge is 2.12. The number of nitrogen functional groups attached to an aromatic ring is 1. The Morgan fingerprint density at radius 2 is 1.89 bits per heavy atom. The van der Waals surface area contributed by atoms with Crippen molar-refractivity contribution in [2.24, 2.45) is 0 Å². The molecule has 0 aliphatic carbocycles. The number of carbonyl (C=O) groups excluding carboxylic acids is 2. The van der Waals surface area contributed by atoms with Gasteiger partial charge in [0.15, 0.2) is 15.5 Å². The molecule has 3 aromatic rings. The topological polar surface area (TPSA) is 169 Å². The lowest BCUT2D eigenvalue weighted by Crippen LogP contribution is -2.09. The maximum absolute atomic E-state index is 12.3. The van der Waals surface area contributed by atoms with Crippen LogP contribution in [0.4, 0.5) is 5.13 Å². The van der Waals surface area contributed by atoms with Crippen LogP contribution >= 0.6 is 36.2 Å². The molecule has 0 bridgehead atoms. The number of hydrogen-bond donors (Lipinski definition) is 3. The Bertz CT molecular complexity index is 1310. The number of anilines is 1. The number of benzene rings is 2. The van der Waals surface area contributed by atoms with Gasteiger partial charge in [0, 0.05) is 11.0 Å². The summed E-state index contributed by atoms with van der Waals surface area (Å²) in [5.74, 6) is -0.543. The first-order valence-corrected chi connectivity index (χ1v) is 12.5. The number of H-pyrrole nitrogens is 1. The summed E-state index contributed by atoms with van der Waals surface area (Å²) in [6, 6.07) is 11.4. The Balaban J connectivity index is 0.000000624. The van der Waals surface area contributed by atoms with E-state index in [9.17, 15) is 19.7 Å². The third-order valence-electron chi connectivity index (χ3n) is 4.34. The van der Waals surface area contributed by atoms with Crippen molar-refractivity contribution < 1.29 is 33.7 Å². The van der Waals surface area contributed by atoms with Crippen LogP contribution < -0.4 is 15.2 Å². The van der Waals surface area contributed by atoms with Crippen LogP contribution in [0.25, 0.3) is 6.08 Å². The molecular formula is C23H24N4O8S3. The maximum atomic E-state index is 12.3. The molecule has 1 heterocycles. The van der Waals surface area contributed by atoms with Crippen LogP contribution in [0, 0.1) is 14.1 Å². The number of rotatable bonds is 11. The molecule has 0 aliphatic heterocycles. The molecule has 2 aromatic carbocycles. The van der Waals surface area contributed by atoms with Crippen LogP contribution in [0.1, 0.15) is 28.8 Å². The van der Waals surface area contributed by atoms with Crippen molar-refractivity contribution in [2.45, 2.75) is 17.7 Å². The minimum atomic E-state index is -0.866. The lowest BCUT2D eigenvalue weighted by molar-refractivity contribution is -0.757. The largest absolute Gasteiger partial charge is 0.493 e. The van der Waals surface area contributed by atoms with E-state index in [4.69, 9.17) is 19.9 Å². The van der Waals surface area contributed by atoms with Gasteiger partial charge in [-0.15, -0.1) is 27.8 Å². The molecule has 0 spiro atoms. The molecule has 0 aliphatic rings. The highest BCUT2D eigenvalue weighted by atomic mass is 32.1. The van der Waals surface area contributed by atoms with E-state index in [0.717, 1.165) is 4.90 Å². The summed E-state index contributed by atoms with van der Waals surface area (Å²) in [4.78, 5) is 38.9. The van der Waals surface area contributed by atoms with Crippen LogP contribution in [0.2, 0.25) is 0 Å². The molecule has 0 saturated heterocycles. The molecule has 0 fully saturated rings. The van der Waals surface area contributed by atoms with E-state index < -0.39 is 17.0 Å². The number of esters is 2. The van der Waals surface area contributed by atoms with E-state index in [1.165, 1.54) is 30.6 Å². The second-order valence-corrected chi connectivity index (χ2v) is 9.28. The summed E-state index contributed by atoms with van der Waals surface area (Å²) in [5.41, 5.74) is 6.19. The third kappa shape index (κ3) is 11.4. The van der Waals surface area contributed by atoms with E-state index in [1.54, 1.807) is 42.5 Å². The van der Waals surface area contributed by atoms with Gasteiger partial charge in [-0.3, -0.25) is 5.10 Å². The summed E-state index contributed by atoms with van der Waals surface area (Å²) in [6.45, 7) is 0.0776. The second kappa shape index (κ2) is 16.0. The predicted octanol–water partition coefficient (Wildman–Crippen LogP) is 4.53. The van der Waals surface area contributed by atoms with Gasteiger partial charge in [0.2, 0.25) is 5.13 Å².